The second-order valence-electron chi connectivity index (χ2n) is 5.85. The molecule has 0 aliphatic heterocycles. The van der Waals surface area contributed by atoms with Crippen LogP contribution in [0.4, 0.5) is 11.6 Å². The number of carboxylic acids is 1. The van der Waals surface area contributed by atoms with E-state index >= 15 is 0 Å². The van der Waals surface area contributed by atoms with Gasteiger partial charge in [0.2, 0.25) is 11.8 Å². The van der Waals surface area contributed by atoms with Crippen LogP contribution in [0.25, 0.3) is 16.8 Å². The third kappa shape index (κ3) is 3.33. The number of anilines is 2. The molecule has 0 saturated carbocycles. The van der Waals surface area contributed by atoms with E-state index in [4.69, 9.17) is 21.4 Å². The summed E-state index contributed by atoms with van der Waals surface area (Å²) in [5, 5.41) is 16.9. The Bertz CT molecular complexity index is 1170. The molecule has 3 heterocycles. The molecule has 4 rings (SSSR count). The van der Waals surface area contributed by atoms with E-state index in [-0.39, 0.29) is 5.56 Å². The van der Waals surface area contributed by atoms with Crippen LogP contribution in [-0.4, -0.2) is 37.8 Å². The summed E-state index contributed by atoms with van der Waals surface area (Å²) in [6.07, 6.45) is 3.44. The number of carboxylic acid groups (broad SMARTS) is 1. The number of rotatable bonds is 5. The van der Waals surface area contributed by atoms with Crippen LogP contribution < -0.4 is 10.1 Å². The van der Waals surface area contributed by atoms with Crippen molar-refractivity contribution in [1.82, 2.24) is 19.6 Å². The minimum atomic E-state index is -0.978. The van der Waals surface area contributed by atoms with E-state index in [1.807, 2.05) is 12.1 Å². The van der Waals surface area contributed by atoms with Crippen molar-refractivity contribution in [2.24, 2.45) is 0 Å². The molecule has 0 aliphatic carbocycles. The zero-order valence-corrected chi connectivity index (χ0v) is 15.4. The van der Waals surface area contributed by atoms with Gasteiger partial charge in [0.05, 0.1) is 12.7 Å². The van der Waals surface area contributed by atoms with Crippen molar-refractivity contribution >= 4 is 34.9 Å². The minimum absolute atomic E-state index is 0.208. The highest BCUT2D eigenvalue weighted by Crippen LogP contribution is 2.30. The van der Waals surface area contributed by atoms with E-state index < -0.39 is 5.97 Å². The molecule has 9 heteroatoms. The highest BCUT2D eigenvalue weighted by Gasteiger charge is 2.12. The van der Waals surface area contributed by atoms with E-state index in [1.54, 1.807) is 35.1 Å². The fraction of sp³-hybridized carbons (Fsp3) is 0.0526. The fourth-order valence-electron chi connectivity index (χ4n) is 2.73. The van der Waals surface area contributed by atoms with Crippen molar-refractivity contribution < 1.29 is 14.6 Å². The van der Waals surface area contributed by atoms with Gasteiger partial charge in [-0.1, -0.05) is 11.6 Å². The number of aromatic nitrogens is 4. The van der Waals surface area contributed by atoms with Crippen LogP contribution in [-0.2, 0) is 0 Å². The number of methoxy groups -OCH3 is 1. The fourth-order valence-corrected chi connectivity index (χ4v) is 2.98. The van der Waals surface area contributed by atoms with Crippen LogP contribution in [0.15, 0.2) is 54.9 Å². The largest absolute Gasteiger partial charge is 0.480 e. The van der Waals surface area contributed by atoms with Crippen LogP contribution in [0.5, 0.6) is 5.88 Å². The summed E-state index contributed by atoms with van der Waals surface area (Å²) in [4.78, 5) is 19.7. The van der Waals surface area contributed by atoms with Crippen LogP contribution >= 0.6 is 11.6 Å². The van der Waals surface area contributed by atoms with Crippen LogP contribution in [0, 0.1) is 0 Å². The van der Waals surface area contributed by atoms with Gasteiger partial charge in [0, 0.05) is 29.2 Å². The number of halogens is 1. The Morgan fingerprint density at radius 2 is 2.04 bits per heavy atom. The summed E-state index contributed by atoms with van der Waals surface area (Å²) in [6, 6.07) is 11.8. The summed E-state index contributed by atoms with van der Waals surface area (Å²) in [6.45, 7) is 0. The first kappa shape index (κ1) is 17.7. The zero-order valence-electron chi connectivity index (χ0n) is 14.6. The molecule has 8 nitrogen and oxygen atoms in total. The van der Waals surface area contributed by atoms with Crippen molar-refractivity contribution in [3.8, 4) is 17.0 Å². The quantitative estimate of drug-likeness (QED) is 0.528. The van der Waals surface area contributed by atoms with Gasteiger partial charge in [-0.2, -0.15) is 4.98 Å². The summed E-state index contributed by atoms with van der Waals surface area (Å²) in [5.74, 6) is -0.247. The molecular formula is C19H14ClN5O3. The number of ether oxygens (including phenoxy) is 1. The molecule has 0 aliphatic rings. The molecule has 2 N–H and O–H groups in total. The second kappa shape index (κ2) is 7.16. The van der Waals surface area contributed by atoms with E-state index in [1.165, 1.54) is 19.2 Å². The predicted molar refractivity (Wildman–Crippen MR) is 104 cm³/mol. The summed E-state index contributed by atoms with van der Waals surface area (Å²) in [7, 11) is 1.51. The van der Waals surface area contributed by atoms with Gasteiger partial charge < -0.3 is 15.2 Å². The highest BCUT2D eigenvalue weighted by molar-refractivity contribution is 6.32. The Morgan fingerprint density at radius 3 is 2.71 bits per heavy atom. The Morgan fingerprint density at radius 1 is 1.25 bits per heavy atom. The first-order chi connectivity index (χ1) is 13.5. The van der Waals surface area contributed by atoms with Crippen LogP contribution in [0.2, 0.25) is 5.02 Å². The van der Waals surface area contributed by atoms with Gasteiger partial charge in [0.1, 0.15) is 5.02 Å². The third-order valence-corrected chi connectivity index (χ3v) is 4.33. The molecule has 0 bridgehead atoms. The SMILES string of the molecule is COc1ncc(-c2cccn3nc(Nc4ccc(C(=O)O)cc4)nc23)cc1Cl. The van der Waals surface area contributed by atoms with Gasteiger partial charge in [-0.05, 0) is 42.5 Å². The van der Waals surface area contributed by atoms with Gasteiger partial charge >= 0.3 is 5.97 Å². The Labute approximate surface area is 164 Å². The maximum absolute atomic E-state index is 11.0. The monoisotopic (exact) mass is 395 g/mol. The maximum Gasteiger partial charge on any atom is 0.335 e. The average Bonchev–Trinajstić information content (AvgIpc) is 3.10. The van der Waals surface area contributed by atoms with Crippen molar-refractivity contribution in [3.63, 3.8) is 0 Å². The van der Waals surface area contributed by atoms with Gasteiger partial charge in [-0.3, -0.25) is 0 Å². The molecule has 0 unspecified atom stereocenters. The molecule has 0 saturated heterocycles. The number of hydrogen-bond acceptors (Lipinski definition) is 6. The number of carbonyl (C=O) groups is 1. The lowest BCUT2D eigenvalue weighted by molar-refractivity contribution is 0.0697. The van der Waals surface area contributed by atoms with E-state index in [0.717, 1.165) is 11.1 Å². The molecule has 0 amide bonds. The normalized spacial score (nSPS) is 10.8. The summed E-state index contributed by atoms with van der Waals surface area (Å²) >= 11 is 6.19. The van der Waals surface area contributed by atoms with Crippen molar-refractivity contribution in [1.29, 1.82) is 0 Å². The predicted octanol–water partition coefficient (Wildman–Crippen LogP) is 3.90. The van der Waals surface area contributed by atoms with Gasteiger partial charge in [-0.15, -0.1) is 5.10 Å². The summed E-state index contributed by atoms with van der Waals surface area (Å²) < 4.78 is 6.73. The number of benzene rings is 1. The lowest BCUT2D eigenvalue weighted by Gasteiger charge is -2.05. The lowest BCUT2D eigenvalue weighted by Crippen LogP contribution is -1.97. The number of aromatic carboxylic acids is 1. The van der Waals surface area contributed by atoms with Crippen LogP contribution in [0.1, 0.15) is 10.4 Å². The molecule has 0 atom stereocenters. The minimum Gasteiger partial charge on any atom is -0.480 e. The number of fused-ring (bicyclic) bond motifs is 1. The molecule has 140 valence electrons. The number of nitrogens with one attached hydrogen (secondary N) is 1. The Balaban J connectivity index is 1.69. The first-order valence-corrected chi connectivity index (χ1v) is 8.58. The smallest absolute Gasteiger partial charge is 0.335 e. The Hall–Kier alpha value is -3.65. The number of nitrogens with zero attached hydrogens (tertiary/aromatic N) is 4. The van der Waals surface area contributed by atoms with E-state index in [0.29, 0.717) is 28.2 Å². The lowest BCUT2D eigenvalue weighted by atomic mass is 10.1. The number of pyridine rings is 2. The maximum atomic E-state index is 11.0. The van der Waals surface area contributed by atoms with E-state index in [9.17, 15) is 4.79 Å². The summed E-state index contributed by atoms with van der Waals surface area (Å²) in [5.41, 5.74) is 3.09. The second-order valence-corrected chi connectivity index (χ2v) is 6.26. The van der Waals surface area contributed by atoms with Crippen molar-refractivity contribution in [2.75, 3.05) is 12.4 Å². The van der Waals surface area contributed by atoms with Gasteiger partial charge in [0.15, 0.2) is 5.65 Å². The standard InChI is InChI=1S/C19H14ClN5O3/c1-28-17-15(20)9-12(10-21-17)14-3-2-8-25-16(14)23-19(24-25)22-13-6-4-11(5-7-13)18(26)27/h2-10H,1H3,(H,22,24)(H,26,27). The highest BCUT2D eigenvalue weighted by atomic mass is 35.5. The molecule has 28 heavy (non-hydrogen) atoms. The number of hydrogen-bond donors (Lipinski definition) is 2. The first-order valence-electron chi connectivity index (χ1n) is 8.21. The molecule has 0 fully saturated rings. The van der Waals surface area contributed by atoms with Crippen molar-refractivity contribution in [3.05, 3.63) is 65.4 Å². The van der Waals surface area contributed by atoms with Crippen LogP contribution in [0.3, 0.4) is 0 Å². The average molecular weight is 396 g/mol. The third-order valence-electron chi connectivity index (χ3n) is 4.06. The van der Waals surface area contributed by atoms with Gasteiger partial charge in [-0.25, -0.2) is 14.3 Å². The zero-order chi connectivity index (χ0) is 19.7. The van der Waals surface area contributed by atoms with Crippen molar-refractivity contribution in [2.45, 2.75) is 0 Å². The molecule has 4 aromatic rings. The molecule has 0 spiro atoms. The van der Waals surface area contributed by atoms with Gasteiger partial charge in [0.25, 0.3) is 0 Å². The van der Waals surface area contributed by atoms with E-state index in [2.05, 4.69) is 20.4 Å². The molecule has 1 aromatic carbocycles. The molecule has 3 aromatic heterocycles. The molecule has 0 radical (unpaired) electrons. The topological polar surface area (TPSA) is 102 Å². The Kier molecular flexibility index (Phi) is 4.54. The molecular weight excluding hydrogens is 382 g/mol.